The van der Waals surface area contributed by atoms with Crippen LogP contribution in [0.4, 0.5) is 5.69 Å². The number of anilines is 1. The van der Waals surface area contributed by atoms with Gasteiger partial charge in [0.05, 0.1) is 18.4 Å². The lowest BCUT2D eigenvalue weighted by molar-refractivity contribution is 0.0949. The Bertz CT molecular complexity index is 421. The number of aliphatic hydroxyl groups excluding tert-OH is 1. The summed E-state index contributed by atoms with van der Waals surface area (Å²) in [6, 6.07) is 5.10. The van der Waals surface area contributed by atoms with Crippen molar-refractivity contribution in [2.45, 2.75) is 19.8 Å². The van der Waals surface area contributed by atoms with Gasteiger partial charge in [-0.3, -0.25) is 4.79 Å². The molecule has 5 nitrogen and oxygen atoms in total. The van der Waals surface area contributed by atoms with Crippen molar-refractivity contribution in [3.8, 4) is 5.75 Å². The van der Waals surface area contributed by atoms with Gasteiger partial charge in [0.2, 0.25) is 0 Å². The highest BCUT2D eigenvalue weighted by atomic mass is 16.5. The van der Waals surface area contributed by atoms with E-state index in [1.54, 1.807) is 18.2 Å². The number of ether oxygens (including phenoxy) is 1. The Kier molecular flexibility index (Phi) is 6.15. The fraction of sp³-hybridized carbons (Fsp3) is 0.500. The van der Waals surface area contributed by atoms with Crippen LogP contribution in [0.15, 0.2) is 18.2 Å². The number of hydrogen-bond donors (Lipinski definition) is 3. The number of carbonyl (C=O) groups is 1. The van der Waals surface area contributed by atoms with E-state index in [4.69, 9.17) is 15.6 Å². The van der Waals surface area contributed by atoms with Gasteiger partial charge in [0.1, 0.15) is 0 Å². The molecule has 1 aromatic rings. The molecule has 1 rings (SSSR count). The molecular weight excluding hydrogens is 244 g/mol. The molecule has 0 bridgehead atoms. The molecule has 106 valence electrons. The highest BCUT2D eigenvalue weighted by molar-refractivity contribution is 5.98. The molecule has 1 aromatic carbocycles. The summed E-state index contributed by atoms with van der Waals surface area (Å²) in [4.78, 5) is 12.0. The van der Waals surface area contributed by atoms with Gasteiger partial charge in [-0.2, -0.15) is 0 Å². The first-order chi connectivity index (χ1) is 9.10. The highest BCUT2D eigenvalue weighted by Crippen LogP contribution is 2.25. The molecule has 0 heterocycles. The second kappa shape index (κ2) is 7.63. The van der Waals surface area contributed by atoms with E-state index in [1.165, 1.54) is 7.11 Å². The number of benzene rings is 1. The van der Waals surface area contributed by atoms with Crippen molar-refractivity contribution in [1.82, 2.24) is 5.32 Å². The average Bonchev–Trinajstić information content (AvgIpc) is 2.42. The van der Waals surface area contributed by atoms with Crippen molar-refractivity contribution < 1.29 is 14.6 Å². The normalized spacial score (nSPS) is 11.9. The first kappa shape index (κ1) is 15.3. The quantitative estimate of drug-likeness (QED) is 0.514. The van der Waals surface area contributed by atoms with E-state index in [2.05, 4.69) is 5.32 Å². The molecule has 0 radical (unpaired) electrons. The number of amides is 1. The summed E-state index contributed by atoms with van der Waals surface area (Å²) in [6.45, 7) is 2.72. The Hall–Kier alpha value is -1.75. The number of para-hydroxylation sites is 1. The standard InChI is InChI=1S/C14H22N2O3/c1-10(9-17)5-4-8-16-14(18)11-6-3-7-12(15)13(11)19-2/h3,6-7,10,17H,4-5,8-9,15H2,1-2H3,(H,16,18). The molecule has 19 heavy (non-hydrogen) atoms. The van der Waals surface area contributed by atoms with Gasteiger partial charge in [-0.15, -0.1) is 0 Å². The minimum atomic E-state index is -0.194. The third kappa shape index (κ3) is 4.44. The third-order valence-corrected chi connectivity index (χ3v) is 2.97. The molecule has 5 heteroatoms. The lowest BCUT2D eigenvalue weighted by atomic mass is 10.1. The smallest absolute Gasteiger partial charge is 0.255 e. The zero-order valence-electron chi connectivity index (χ0n) is 11.5. The monoisotopic (exact) mass is 266 g/mol. The predicted octanol–water partition coefficient (Wildman–Crippen LogP) is 1.42. The molecule has 1 unspecified atom stereocenters. The van der Waals surface area contributed by atoms with E-state index in [-0.39, 0.29) is 18.4 Å². The molecule has 1 amide bonds. The summed E-state index contributed by atoms with van der Waals surface area (Å²) in [7, 11) is 1.49. The molecule has 0 saturated heterocycles. The van der Waals surface area contributed by atoms with E-state index >= 15 is 0 Å². The zero-order valence-corrected chi connectivity index (χ0v) is 11.5. The van der Waals surface area contributed by atoms with Crippen LogP contribution in [0.2, 0.25) is 0 Å². The lowest BCUT2D eigenvalue weighted by Crippen LogP contribution is -2.25. The molecular formula is C14H22N2O3. The van der Waals surface area contributed by atoms with Crippen LogP contribution in [0.5, 0.6) is 5.75 Å². The van der Waals surface area contributed by atoms with E-state index in [0.717, 1.165) is 12.8 Å². The molecule has 4 N–H and O–H groups in total. The van der Waals surface area contributed by atoms with Gasteiger partial charge in [-0.05, 0) is 30.9 Å². The van der Waals surface area contributed by atoms with Gasteiger partial charge in [0, 0.05) is 13.2 Å². The van der Waals surface area contributed by atoms with E-state index < -0.39 is 0 Å². The van der Waals surface area contributed by atoms with Crippen LogP contribution in [0.25, 0.3) is 0 Å². The maximum absolute atomic E-state index is 12.0. The van der Waals surface area contributed by atoms with Crippen molar-refractivity contribution >= 4 is 11.6 Å². The molecule has 0 fully saturated rings. The Morgan fingerprint density at radius 2 is 2.26 bits per heavy atom. The maximum Gasteiger partial charge on any atom is 0.255 e. The van der Waals surface area contributed by atoms with Crippen LogP contribution in [-0.2, 0) is 0 Å². The predicted molar refractivity (Wildman–Crippen MR) is 75.2 cm³/mol. The molecule has 0 aliphatic rings. The first-order valence-electron chi connectivity index (χ1n) is 6.41. The molecule has 0 spiro atoms. The number of aliphatic hydroxyl groups is 1. The number of rotatable bonds is 7. The Morgan fingerprint density at radius 1 is 1.53 bits per heavy atom. The zero-order chi connectivity index (χ0) is 14.3. The van der Waals surface area contributed by atoms with Crippen molar-refractivity contribution in [1.29, 1.82) is 0 Å². The minimum absolute atomic E-state index is 0.178. The molecule has 0 aliphatic heterocycles. The third-order valence-electron chi connectivity index (χ3n) is 2.97. The van der Waals surface area contributed by atoms with Gasteiger partial charge in [-0.25, -0.2) is 0 Å². The largest absolute Gasteiger partial charge is 0.494 e. The molecule has 0 aromatic heterocycles. The number of methoxy groups -OCH3 is 1. The number of hydrogen-bond acceptors (Lipinski definition) is 4. The summed E-state index contributed by atoms with van der Waals surface area (Å²) in [5.74, 6) is 0.475. The van der Waals surface area contributed by atoms with Crippen molar-refractivity contribution in [2.24, 2.45) is 5.92 Å². The second-order valence-corrected chi connectivity index (χ2v) is 4.61. The van der Waals surface area contributed by atoms with Crippen LogP contribution in [0.1, 0.15) is 30.1 Å². The van der Waals surface area contributed by atoms with Crippen molar-refractivity contribution in [3.05, 3.63) is 23.8 Å². The lowest BCUT2D eigenvalue weighted by Gasteiger charge is -2.12. The average molecular weight is 266 g/mol. The topological polar surface area (TPSA) is 84.6 Å². The van der Waals surface area contributed by atoms with E-state index in [1.807, 2.05) is 6.92 Å². The molecule has 1 atom stereocenters. The highest BCUT2D eigenvalue weighted by Gasteiger charge is 2.13. The Balaban J connectivity index is 2.52. The van der Waals surface area contributed by atoms with Gasteiger partial charge in [-0.1, -0.05) is 13.0 Å². The van der Waals surface area contributed by atoms with Crippen LogP contribution in [-0.4, -0.2) is 31.3 Å². The van der Waals surface area contributed by atoms with Crippen LogP contribution in [0.3, 0.4) is 0 Å². The minimum Gasteiger partial charge on any atom is -0.494 e. The van der Waals surface area contributed by atoms with Crippen molar-refractivity contribution in [2.75, 3.05) is 26.0 Å². The van der Waals surface area contributed by atoms with E-state index in [0.29, 0.717) is 23.5 Å². The summed E-state index contributed by atoms with van der Waals surface area (Å²) >= 11 is 0. The number of nitrogen functional groups attached to an aromatic ring is 1. The number of nitrogens with two attached hydrogens (primary N) is 1. The fourth-order valence-corrected chi connectivity index (χ4v) is 1.80. The second-order valence-electron chi connectivity index (χ2n) is 4.61. The first-order valence-corrected chi connectivity index (χ1v) is 6.41. The molecule has 0 aliphatic carbocycles. The Morgan fingerprint density at radius 3 is 2.89 bits per heavy atom. The summed E-state index contributed by atoms with van der Waals surface area (Å²) in [5.41, 5.74) is 6.64. The fourth-order valence-electron chi connectivity index (χ4n) is 1.80. The number of carbonyl (C=O) groups excluding carboxylic acids is 1. The van der Waals surface area contributed by atoms with Gasteiger partial charge < -0.3 is 20.9 Å². The summed E-state index contributed by atoms with van der Waals surface area (Å²) < 4.78 is 5.14. The summed E-state index contributed by atoms with van der Waals surface area (Å²) in [5, 5.41) is 11.7. The Labute approximate surface area is 113 Å². The van der Waals surface area contributed by atoms with Gasteiger partial charge in [0.25, 0.3) is 5.91 Å². The summed E-state index contributed by atoms with van der Waals surface area (Å²) in [6.07, 6.45) is 1.71. The van der Waals surface area contributed by atoms with E-state index in [9.17, 15) is 4.79 Å². The molecule has 0 saturated carbocycles. The van der Waals surface area contributed by atoms with Crippen LogP contribution >= 0.6 is 0 Å². The number of nitrogens with one attached hydrogen (secondary N) is 1. The van der Waals surface area contributed by atoms with Crippen molar-refractivity contribution in [3.63, 3.8) is 0 Å². The van der Waals surface area contributed by atoms with Crippen LogP contribution in [0, 0.1) is 5.92 Å². The van der Waals surface area contributed by atoms with Gasteiger partial charge in [0.15, 0.2) is 5.75 Å². The maximum atomic E-state index is 12.0. The SMILES string of the molecule is COc1c(N)cccc1C(=O)NCCCC(C)CO. The van der Waals surface area contributed by atoms with Crippen LogP contribution < -0.4 is 15.8 Å². The van der Waals surface area contributed by atoms with Gasteiger partial charge >= 0.3 is 0 Å².